The van der Waals surface area contributed by atoms with Crippen molar-refractivity contribution in [2.45, 2.75) is 6.92 Å². The maximum absolute atomic E-state index is 12.1. The molecule has 1 aliphatic rings. The summed E-state index contributed by atoms with van der Waals surface area (Å²) in [6.07, 6.45) is 0. The van der Waals surface area contributed by atoms with Crippen molar-refractivity contribution in [1.29, 1.82) is 0 Å². The topological polar surface area (TPSA) is 66.0 Å². The maximum Gasteiger partial charge on any atom is 0.262 e. The van der Waals surface area contributed by atoms with Crippen LogP contribution in [0.25, 0.3) is 0 Å². The van der Waals surface area contributed by atoms with Crippen LogP contribution in [0.1, 0.15) is 6.92 Å². The van der Waals surface area contributed by atoms with E-state index in [4.69, 9.17) is 30.5 Å². The molecule has 2 aromatic carbocycles. The van der Waals surface area contributed by atoms with Crippen LogP contribution in [0.5, 0.6) is 23.0 Å². The second-order valence-corrected chi connectivity index (χ2v) is 5.62. The van der Waals surface area contributed by atoms with Crippen LogP contribution in [0.15, 0.2) is 36.4 Å². The largest absolute Gasteiger partial charge is 0.494 e. The lowest BCUT2D eigenvalue weighted by Gasteiger charge is -2.20. The maximum atomic E-state index is 12.1. The van der Waals surface area contributed by atoms with E-state index < -0.39 is 0 Å². The lowest BCUT2D eigenvalue weighted by molar-refractivity contribution is -0.118. The molecule has 0 saturated heterocycles. The van der Waals surface area contributed by atoms with Crippen molar-refractivity contribution < 1.29 is 23.7 Å². The van der Waals surface area contributed by atoms with Crippen LogP contribution < -0.4 is 24.3 Å². The highest BCUT2D eigenvalue weighted by Crippen LogP contribution is 2.37. The highest BCUT2D eigenvalue weighted by molar-refractivity contribution is 6.34. The van der Waals surface area contributed by atoms with Crippen molar-refractivity contribution in [3.8, 4) is 23.0 Å². The first-order valence-electron chi connectivity index (χ1n) is 7.90. The molecule has 132 valence electrons. The van der Waals surface area contributed by atoms with Crippen molar-refractivity contribution in [3.05, 3.63) is 41.4 Å². The molecular formula is C18H18ClNO5. The van der Waals surface area contributed by atoms with Gasteiger partial charge in [-0.3, -0.25) is 4.79 Å². The number of anilines is 1. The standard InChI is InChI=1S/C18H18ClNO5/c1-2-22-12-3-5-13(6-4-12)25-11-18(21)20-15-10-17-16(9-14(15)19)23-7-8-24-17/h3-6,9-10H,2,7-8,11H2,1H3,(H,20,21). The van der Waals surface area contributed by atoms with E-state index in [2.05, 4.69) is 5.32 Å². The minimum atomic E-state index is -0.326. The molecule has 0 unspecified atom stereocenters. The van der Waals surface area contributed by atoms with E-state index in [1.165, 1.54) is 0 Å². The Labute approximate surface area is 150 Å². The fraction of sp³-hybridized carbons (Fsp3) is 0.278. The molecule has 25 heavy (non-hydrogen) atoms. The Kier molecular flexibility index (Phi) is 5.50. The molecule has 7 heteroatoms. The van der Waals surface area contributed by atoms with Gasteiger partial charge in [0.25, 0.3) is 5.91 Å². The zero-order chi connectivity index (χ0) is 17.6. The highest BCUT2D eigenvalue weighted by atomic mass is 35.5. The van der Waals surface area contributed by atoms with Gasteiger partial charge in [-0.25, -0.2) is 0 Å². The van der Waals surface area contributed by atoms with E-state index in [-0.39, 0.29) is 12.5 Å². The normalized spacial score (nSPS) is 12.4. The van der Waals surface area contributed by atoms with Gasteiger partial charge in [-0.15, -0.1) is 0 Å². The summed E-state index contributed by atoms with van der Waals surface area (Å²) in [5.41, 5.74) is 0.450. The summed E-state index contributed by atoms with van der Waals surface area (Å²) in [4.78, 5) is 12.1. The van der Waals surface area contributed by atoms with Gasteiger partial charge in [-0.1, -0.05) is 11.6 Å². The summed E-state index contributed by atoms with van der Waals surface area (Å²) in [6.45, 7) is 3.31. The third-order valence-electron chi connectivity index (χ3n) is 3.41. The van der Waals surface area contributed by atoms with Gasteiger partial charge in [0.05, 0.1) is 17.3 Å². The molecule has 0 aromatic heterocycles. The predicted molar refractivity (Wildman–Crippen MR) is 94.2 cm³/mol. The predicted octanol–water partition coefficient (Wildman–Crippen LogP) is 3.53. The Morgan fingerprint density at radius 2 is 1.68 bits per heavy atom. The van der Waals surface area contributed by atoms with Crippen LogP contribution in [-0.4, -0.2) is 32.3 Å². The lowest BCUT2D eigenvalue weighted by atomic mass is 10.2. The number of fused-ring (bicyclic) bond motifs is 1. The van der Waals surface area contributed by atoms with Crippen molar-refractivity contribution >= 4 is 23.2 Å². The SMILES string of the molecule is CCOc1ccc(OCC(=O)Nc2cc3c(cc2Cl)OCCO3)cc1. The van der Waals surface area contributed by atoms with Gasteiger partial charge >= 0.3 is 0 Å². The fourth-order valence-corrected chi connectivity index (χ4v) is 2.49. The highest BCUT2D eigenvalue weighted by Gasteiger charge is 2.16. The van der Waals surface area contributed by atoms with E-state index >= 15 is 0 Å². The smallest absolute Gasteiger partial charge is 0.262 e. The van der Waals surface area contributed by atoms with Crippen LogP contribution in [-0.2, 0) is 4.79 Å². The molecule has 1 amide bonds. The van der Waals surface area contributed by atoms with E-state index in [1.54, 1.807) is 36.4 Å². The number of benzene rings is 2. The molecule has 0 bridgehead atoms. The Morgan fingerprint density at radius 3 is 2.32 bits per heavy atom. The minimum Gasteiger partial charge on any atom is -0.494 e. The summed E-state index contributed by atoms with van der Waals surface area (Å²) in [6, 6.07) is 10.3. The molecule has 0 spiro atoms. The number of nitrogens with one attached hydrogen (secondary N) is 1. The zero-order valence-corrected chi connectivity index (χ0v) is 14.5. The second-order valence-electron chi connectivity index (χ2n) is 5.22. The quantitative estimate of drug-likeness (QED) is 0.850. The van der Waals surface area contributed by atoms with Crippen LogP contribution in [0.3, 0.4) is 0 Å². The van der Waals surface area contributed by atoms with Gasteiger partial charge < -0.3 is 24.3 Å². The molecule has 1 heterocycles. The molecule has 0 radical (unpaired) electrons. The summed E-state index contributed by atoms with van der Waals surface area (Å²) in [7, 11) is 0. The van der Waals surface area contributed by atoms with Gasteiger partial charge in [0.1, 0.15) is 24.7 Å². The average molecular weight is 364 g/mol. The third-order valence-corrected chi connectivity index (χ3v) is 3.72. The van der Waals surface area contributed by atoms with E-state index in [0.717, 1.165) is 5.75 Å². The molecule has 1 aliphatic heterocycles. The monoisotopic (exact) mass is 363 g/mol. The molecule has 6 nitrogen and oxygen atoms in total. The summed E-state index contributed by atoms with van der Waals surface area (Å²) >= 11 is 6.16. The molecule has 0 aliphatic carbocycles. The Bertz CT molecular complexity index is 748. The number of amides is 1. The number of halogens is 1. The van der Waals surface area contributed by atoms with Crippen molar-refractivity contribution in [2.24, 2.45) is 0 Å². The fourth-order valence-electron chi connectivity index (χ4n) is 2.29. The van der Waals surface area contributed by atoms with E-state index in [9.17, 15) is 4.79 Å². The van der Waals surface area contributed by atoms with Crippen LogP contribution >= 0.6 is 11.6 Å². The Hall–Kier alpha value is -2.60. The van der Waals surface area contributed by atoms with Gasteiger partial charge in [-0.05, 0) is 31.2 Å². The van der Waals surface area contributed by atoms with E-state index in [0.29, 0.717) is 47.8 Å². The first kappa shape index (κ1) is 17.2. The van der Waals surface area contributed by atoms with Crippen molar-refractivity contribution in [1.82, 2.24) is 0 Å². The molecule has 1 N–H and O–H groups in total. The molecular weight excluding hydrogens is 346 g/mol. The van der Waals surface area contributed by atoms with Crippen LogP contribution in [0, 0.1) is 0 Å². The van der Waals surface area contributed by atoms with E-state index in [1.807, 2.05) is 6.92 Å². The van der Waals surface area contributed by atoms with Crippen molar-refractivity contribution in [2.75, 3.05) is 31.7 Å². The molecule has 0 atom stereocenters. The number of carbonyl (C=O) groups excluding carboxylic acids is 1. The van der Waals surface area contributed by atoms with Gasteiger partial charge in [-0.2, -0.15) is 0 Å². The molecule has 0 saturated carbocycles. The first-order valence-corrected chi connectivity index (χ1v) is 8.28. The summed E-state index contributed by atoms with van der Waals surface area (Å²) in [5.74, 6) is 2.12. The number of ether oxygens (including phenoxy) is 4. The Morgan fingerprint density at radius 1 is 1.08 bits per heavy atom. The lowest BCUT2D eigenvalue weighted by Crippen LogP contribution is -2.21. The third kappa shape index (κ3) is 4.48. The number of hydrogen-bond acceptors (Lipinski definition) is 5. The summed E-state index contributed by atoms with van der Waals surface area (Å²) < 4.78 is 21.7. The molecule has 0 fully saturated rings. The van der Waals surface area contributed by atoms with Crippen molar-refractivity contribution in [3.63, 3.8) is 0 Å². The van der Waals surface area contributed by atoms with Crippen LogP contribution in [0.4, 0.5) is 5.69 Å². The number of rotatable bonds is 6. The molecule has 3 rings (SSSR count). The average Bonchev–Trinajstić information content (AvgIpc) is 2.62. The van der Waals surface area contributed by atoms with Gasteiger partial charge in [0, 0.05) is 12.1 Å². The van der Waals surface area contributed by atoms with Gasteiger partial charge in [0.2, 0.25) is 0 Å². The minimum absolute atomic E-state index is 0.140. The molecule has 2 aromatic rings. The Balaban J connectivity index is 1.57. The summed E-state index contributed by atoms with van der Waals surface area (Å²) in [5, 5.41) is 3.08. The number of hydrogen-bond donors (Lipinski definition) is 1. The first-order chi connectivity index (χ1) is 12.2. The second kappa shape index (κ2) is 7.98. The van der Waals surface area contributed by atoms with Crippen LogP contribution in [0.2, 0.25) is 5.02 Å². The zero-order valence-electron chi connectivity index (χ0n) is 13.7. The number of carbonyl (C=O) groups is 1. The van der Waals surface area contributed by atoms with Gasteiger partial charge in [0.15, 0.2) is 18.1 Å².